The Morgan fingerprint density at radius 3 is 2.62 bits per heavy atom. The van der Waals surface area contributed by atoms with E-state index in [1.54, 1.807) is 0 Å². The summed E-state index contributed by atoms with van der Waals surface area (Å²) in [5.74, 6) is -1.65. The molecule has 4 nitrogen and oxygen atoms in total. The van der Waals surface area contributed by atoms with Gasteiger partial charge in [0.25, 0.3) is 5.91 Å². The fourth-order valence-electron chi connectivity index (χ4n) is 2.49. The van der Waals surface area contributed by atoms with Crippen LogP contribution >= 0.6 is 11.6 Å². The maximum Gasteiger partial charge on any atom is 0.256 e. The lowest BCUT2D eigenvalue weighted by molar-refractivity contribution is -0.121. The lowest BCUT2D eigenvalue weighted by Gasteiger charge is -2.22. The van der Waals surface area contributed by atoms with Gasteiger partial charge in [-0.15, -0.1) is 0 Å². The number of carbonyl (C=O) groups excluding carboxylic acids is 2. The third kappa shape index (κ3) is 4.43. The molecule has 2 amide bonds. The number of benzene rings is 1. The first-order chi connectivity index (χ1) is 10.1. The molecule has 0 bridgehead atoms. The first-order valence-electron chi connectivity index (χ1n) is 7.09. The molecule has 1 fully saturated rings. The average Bonchev–Trinajstić information content (AvgIpc) is 2.46. The molecule has 0 radical (unpaired) electrons. The van der Waals surface area contributed by atoms with Crippen molar-refractivity contribution in [3.63, 3.8) is 0 Å². The molecule has 1 saturated carbocycles. The van der Waals surface area contributed by atoms with Crippen molar-refractivity contribution in [2.75, 3.05) is 6.54 Å². The first-order valence-corrected chi connectivity index (χ1v) is 7.47. The first kappa shape index (κ1) is 15.8. The van der Waals surface area contributed by atoms with Crippen molar-refractivity contribution in [2.24, 2.45) is 0 Å². The fourth-order valence-corrected chi connectivity index (χ4v) is 2.74. The van der Waals surface area contributed by atoms with Crippen molar-refractivity contribution in [2.45, 2.75) is 38.1 Å². The van der Waals surface area contributed by atoms with Crippen LogP contribution in [0.3, 0.4) is 0 Å². The quantitative estimate of drug-likeness (QED) is 0.898. The van der Waals surface area contributed by atoms with Crippen LogP contribution in [0.4, 0.5) is 4.39 Å². The minimum absolute atomic E-state index is 0.0280. The highest BCUT2D eigenvalue weighted by Gasteiger charge is 2.18. The normalized spacial score (nSPS) is 15.5. The van der Waals surface area contributed by atoms with Crippen molar-refractivity contribution >= 4 is 23.4 Å². The summed E-state index contributed by atoms with van der Waals surface area (Å²) >= 11 is 5.79. The molecule has 1 aromatic carbocycles. The molecular formula is C15H18ClFN2O2. The van der Waals surface area contributed by atoms with Crippen molar-refractivity contribution < 1.29 is 14.0 Å². The molecule has 0 heterocycles. The van der Waals surface area contributed by atoms with Crippen LogP contribution in [0.15, 0.2) is 18.2 Å². The van der Waals surface area contributed by atoms with Crippen LogP contribution in [0, 0.1) is 5.82 Å². The van der Waals surface area contributed by atoms with E-state index < -0.39 is 11.7 Å². The molecule has 0 aromatic heterocycles. The zero-order valence-electron chi connectivity index (χ0n) is 11.6. The zero-order valence-corrected chi connectivity index (χ0v) is 12.4. The summed E-state index contributed by atoms with van der Waals surface area (Å²) in [7, 11) is 0. The van der Waals surface area contributed by atoms with Gasteiger partial charge in [-0.3, -0.25) is 9.59 Å². The van der Waals surface area contributed by atoms with Gasteiger partial charge in [0.05, 0.1) is 17.1 Å². The van der Waals surface area contributed by atoms with Crippen LogP contribution in [-0.4, -0.2) is 24.4 Å². The van der Waals surface area contributed by atoms with E-state index in [2.05, 4.69) is 10.6 Å². The predicted octanol–water partition coefficient (Wildman–Crippen LogP) is 2.66. The summed E-state index contributed by atoms with van der Waals surface area (Å²) in [6, 6.07) is 4.19. The molecule has 1 aromatic rings. The Balaban J connectivity index is 1.84. The molecule has 21 heavy (non-hydrogen) atoms. The van der Waals surface area contributed by atoms with Crippen LogP contribution in [-0.2, 0) is 4.79 Å². The Kier molecular flexibility index (Phi) is 5.56. The summed E-state index contributed by atoms with van der Waals surface area (Å²) in [5.41, 5.74) is -0.232. The topological polar surface area (TPSA) is 58.2 Å². The molecule has 2 N–H and O–H groups in total. The van der Waals surface area contributed by atoms with Gasteiger partial charge in [-0.2, -0.15) is 0 Å². The highest BCUT2D eigenvalue weighted by molar-refractivity contribution is 6.33. The van der Waals surface area contributed by atoms with Gasteiger partial charge in [0, 0.05) is 6.04 Å². The molecule has 0 unspecified atom stereocenters. The molecule has 0 atom stereocenters. The van der Waals surface area contributed by atoms with Gasteiger partial charge >= 0.3 is 0 Å². The van der Waals surface area contributed by atoms with E-state index in [-0.39, 0.29) is 29.1 Å². The van der Waals surface area contributed by atoms with Crippen LogP contribution < -0.4 is 10.6 Å². The van der Waals surface area contributed by atoms with E-state index in [4.69, 9.17) is 11.6 Å². The summed E-state index contributed by atoms with van der Waals surface area (Å²) in [6.07, 6.45) is 5.37. The Bertz CT molecular complexity index is 510. The third-order valence-electron chi connectivity index (χ3n) is 3.57. The van der Waals surface area contributed by atoms with Gasteiger partial charge in [-0.05, 0) is 25.0 Å². The average molecular weight is 313 g/mol. The number of halogens is 2. The lowest BCUT2D eigenvalue weighted by Crippen LogP contribution is -2.42. The smallest absolute Gasteiger partial charge is 0.256 e. The Morgan fingerprint density at radius 2 is 1.95 bits per heavy atom. The molecular weight excluding hydrogens is 295 g/mol. The minimum atomic E-state index is -0.701. The maximum atomic E-state index is 13.6. The van der Waals surface area contributed by atoms with Crippen LogP contribution in [0.5, 0.6) is 0 Å². The molecule has 1 aliphatic carbocycles. The third-order valence-corrected chi connectivity index (χ3v) is 3.88. The number of hydrogen-bond donors (Lipinski definition) is 2. The van der Waals surface area contributed by atoms with Gasteiger partial charge < -0.3 is 10.6 Å². The van der Waals surface area contributed by atoms with E-state index in [1.165, 1.54) is 18.6 Å². The molecule has 0 aliphatic heterocycles. The second kappa shape index (κ2) is 7.41. The van der Waals surface area contributed by atoms with Crippen molar-refractivity contribution in [3.05, 3.63) is 34.6 Å². The number of nitrogens with one attached hydrogen (secondary N) is 2. The molecule has 0 spiro atoms. The highest BCUT2D eigenvalue weighted by Crippen LogP contribution is 2.19. The molecule has 2 rings (SSSR count). The Morgan fingerprint density at radius 1 is 1.24 bits per heavy atom. The summed E-state index contributed by atoms with van der Waals surface area (Å²) in [4.78, 5) is 23.6. The van der Waals surface area contributed by atoms with Crippen molar-refractivity contribution in [3.8, 4) is 0 Å². The second-order valence-electron chi connectivity index (χ2n) is 5.18. The van der Waals surface area contributed by atoms with Crippen LogP contribution in [0.25, 0.3) is 0 Å². The molecule has 114 valence electrons. The number of carbonyl (C=O) groups is 2. The Labute approximate surface area is 128 Å². The summed E-state index contributed by atoms with van der Waals surface area (Å²) < 4.78 is 13.6. The van der Waals surface area contributed by atoms with E-state index in [0.29, 0.717) is 0 Å². The van der Waals surface area contributed by atoms with E-state index in [0.717, 1.165) is 31.7 Å². The van der Waals surface area contributed by atoms with Gasteiger partial charge in [0.1, 0.15) is 5.82 Å². The van der Waals surface area contributed by atoms with E-state index in [9.17, 15) is 14.0 Å². The van der Waals surface area contributed by atoms with Gasteiger partial charge in [0.15, 0.2) is 0 Å². The van der Waals surface area contributed by atoms with Gasteiger partial charge in [0.2, 0.25) is 5.91 Å². The molecule has 6 heteroatoms. The second-order valence-corrected chi connectivity index (χ2v) is 5.59. The minimum Gasteiger partial charge on any atom is -0.352 e. The standard InChI is InChI=1S/C15H18ClFN2O2/c16-11-7-4-8-12(17)14(11)15(21)18-9-13(20)19-10-5-2-1-3-6-10/h4,7-8,10H,1-3,5-6,9H2,(H,18,21)(H,19,20). The van der Waals surface area contributed by atoms with Crippen molar-refractivity contribution in [1.29, 1.82) is 0 Å². The largest absolute Gasteiger partial charge is 0.352 e. The monoisotopic (exact) mass is 312 g/mol. The van der Waals surface area contributed by atoms with Crippen molar-refractivity contribution in [1.82, 2.24) is 10.6 Å². The fraction of sp³-hybridized carbons (Fsp3) is 0.467. The zero-order chi connectivity index (χ0) is 15.2. The number of rotatable bonds is 4. The number of hydrogen-bond acceptors (Lipinski definition) is 2. The molecule has 1 aliphatic rings. The Hall–Kier alpha value is -1.62. The van der Waals surface area contributed by atoms with Gasteiger partial charge in [-0.25, -0.2) is 4.39 Å². The van der Waals surface area contributed by atoms with Crippen LogP contribution in [0.1, 0.15) is 42.5 Å². The SMILES string of the molecule is O=C(CNC(=O)c1c(F)cccc1Cl)NC1CCCCC1. The molecule has 0 saturated heterocycles. The summed E-state index contributed by atoms with van der Waals surface area (Å²) in [5, 5.41) is 5.30. The lowest BCUT2D eigenvalue weighted by atomic mass is 9.95. The highest BCUT2D eigenvalue weighted by atomic mass is 35.5. The number of amides is 2. The van der Waals surface area contributed by atoms with E-state index in [1.807, 2.05) is 0 Å². The van der Waals surface area contributed by atoms with E-state index >= 15 is 0 Å². The summed E-state index contributed by atoms with van der Waals surface area (Å²) in [6.45, 7) is -0.181. The maximum absolute atomic E-state index is 13.6. The van der Waals surface area contributed by atoms with Gasteiger partial charge in [-0.1, -0.05) is 36.9 Å². The predicted molar refractivity (Wildman–Crippen MR) is 78.8 cm³/mol. The van der Waals surface area contributed by atoms with Crippen LogP contribution in [0.2, 0.25) is 5.02 Å².